The predicted octanol–water partition coefficient (Wildman–Crippen LogP) is 3.00. The smallest absolute Gasteiger partial charge is 0.338 e. The van der Waals surface area contributed by atoms with Gasteiger partial charge in [0.05, 0.1) is 17.8 Å². The van der Waals surface area contributed by atoms with Crippen LogP contribution in [0.2, 0.25) is 0 Å². The molecule has 0 bridgehead atoms. The van der Waals surface area contributed by atoms with Crippen molar-refractivity contribution in [2.24, 2.45) is 0 Å². The van der Waals surface area contributed by atoms with Crippen molar-refractivity contribution in [1.82, 2.24) is 0 Å². The molecular weight excluding hydrogens is 298 g/mol. The van der Waals surface area contributed by atoms with E-state index in [1.165, 1.54) is 0 Å². The molecule has 0 atom stereocenters. The molecule has 0 aromatic heterocycles. The second-order valence-corrected chi connectivity index (χ2v) is 5.79. The van der Waals surface area contributed by atoms with Crippen LogP contribution in [0.15, 0.2) is 22.7 Å². The number of carbonyl (C=O) groups is 1. The molecular formula is C13H18BrNO3. The second kappa shape index (κ2) is 6.20. The number of esters is 1. The van der Waals surface area contributed by atoms with E-state index in [1.54, 1.807) is 18.2 Å². The maximum absolute atomic E-state index is 11.7. The number of nitrogens with two attached hydrogens (primary N) is 1. The van der Waals surface area contributed by atoms with E-state index in [0.717, 1.165) is 4.47 Å². The minimum absolute atomic E-state index is 0.225. The summed E-state index contributed by atoms with van der Waals surface area (Å²) in [5, 5.41) is 0. The van der Waals surface area contributed by atoms with Gasteiger partial charge in [-0.15, -0.1) is 0 Å². The number of anilines is 1. The molecule has 0 amide bonds. The average Bonchev–Trinajstić information content (AvgIpc) is 2.21. The molecule has 0 heterocycles. The molecule has 0 radical (unpaired) electrons. The molecule has 0 aliphatic rings. The summed E-state index contributed by atoms with van der Waals surface area (Å²) in [5.74, 6) is -0.402. The topological polar surface area (TPSA) is 61.5 Å². The number of nitrogen functional groups attached to an aromatic ring is 1. The monoisotopic (exact) mass is 315 g/mol. The van der Waals surface area contributed by atoms with Crippen LogP contribution in [0.1, 0.15) is 31.1 Å². The molecule has 0 spiro atoms. The van der Waals surface area contributed by atoms with Crippen molar-refractivity contribution in [3.63, 3.8) is 0 Å². The molecule has 0 unspecified atom stereocenters. The van der Waals surface area contributed by atoms with Crippen molar-refractivity contribution >= 4 is 27.6 Å². The van der Waals surface area contributed by atoms with E-state index in [0.29, 0.717) is 17.9 Å². The zero-order valence-electron chi connectivity index (χ0n) is 10.8. The fraction of sp³-hybridized carbons (Fsp3) is 0.462. The van der Waals surface area contributed by atoms with Gasteiger partial charge in [0, 0.05) is 10.2 Å². The highest BCUT2D eigenvalue weighted by Gasteiger charge is 2.12. The maximum atomic E-state index is 11.7. The number of benzene rings is 1. The summed E-state index contributed by atoms with van der Waals surface area (Å²) in [7, 11) is 0. The lowest BCUT2D eigenvalue weighted by Gasteiger charge is -2.19. The summed E-state index contributed by atoms with van der Waals surface area (Å²) in [6.07, 6.45) is 0. The third-order valence-electron chi connectivity index (χ3n) is 2.01. The molecule has 1 aromatic carbocycles. The van der Waals surface area contributed by atoms with Crippen LogP contribution in [0.4, 0.5) is 5.69 Å². The van der Waals surface area contributed by atoms with E-state index in [-0.39, 0.29) is 12.2 Å². The van der Waals surface area contributed by atoms with Crippen LogP contribution in [0.5, 0.6) is 0 Å². The van der Waals surface area contributed by atoms with Crippen LogP contribution in [0, 0.1) is 0 Å². The van der Waals surface area contributed by atoms with Crippen molar-refractivity contribution < 1.29 is 14.3 Å². The number of carbonyl (C=O) groups excluding carboxylic acids is 1. The summed E-state index contributed by atoms with van der Waals surface area (Å²) >= 11 is 3.28. The highest BCUT2D eigenvalue weighted by Crippen LogP contribution is 2.18. The van der Waals surface area contributed by atoms with E-state index in [9.17, 15) is 4.79 Å². The van der Waals surface area contributed by atoms with E-state index in [2.05, 4.69) is 15.9 Å². The first-order valence-corrected chi connectivity index (χ1v) is 6.44. The van der Waals surface area contributed by atoms with Gasteiger partial charge in [0.25, 0.3) is 0 Å². The Bertz CT molecular complexity index is 406. The van der Waals surface area contributed by atoms with E-state index >= 15 is 0 Å². The molecule has 0 aliphatic carbocycles. The lowest BCUT2D eigenvalue weighted by Crippen LogP contribution is -2.22. The zero-order valence-corrected chi connectivity index (χ0v) is 12.4. The summed E-state index contributed by atoms with van der Waals surface area (Å²) in [4.78, 5) is 11.7. The normalized spacial score (nSPS) is 11.3. The molecule has 100 valence electrons. The summed E-state index contributed by atoms with van der Waals surface area (Å²) in [5.41, 5.74) is 6.36. The third kappa shape index (κ3) is 5.51. The Morgan fingerprint density at radius 1 is 1.28 bits per heavy atom. The van der Waals surface area contributed by atoms with Gasteiger partial charge in [-0.05, 0) is 39.0 Å². The SMILES string of the molecule is CC(C)(C)OCCOC(=O)c1cc(N)cc(Br)c1. The first kappa shape index (κ1) is 15.0. The molecule has 0 aliphatic heterocycles. The Hall–Kier alpha value is -1.07. The van der Waals surface area contributed by atoms with Gasteiger partial charge in [-0.1, -0.05) is 15.9 Å². The van der Waals surface area contributed by atoms with Gasteiger partial charge in [-0.25, -0.2) is 4.79 Å². The summed E-state index contributed by atoms with van der Waals surface area (Å²) in [6, 6.07) is 4.97. The van der Waals surface area contributed by atoms with E-state index < -0.39 is 5.97 Å². The highest BCUT2D eigenvalue weighted by atomic mass is 79.9. The van der Waals surface area contributed by atoms with E-state index in [4.69, 9.17) is 15.2 Å². The number of rotatable bonds is 4. The number of hydrogen-bond donors (Lipinski definition) is 1. The lowest BCUT2D eigenvalue weighted by molar-refractivity contribution is -0.0281. The minimum Gasteiger partial charge on any atom is -0.460 e. The fourth-order valence-electron chi connectivity index (χ4n) is 1.30. The number of halogens is 1. The Morgan fingerprint density at radius 3 is 2.50 bits per heavy atom. The first-order chi connectivity index (χ1) is 8.28. The molecule has 0 saturated carbocycles. The van der Waals surface area contributed by atoms with Crippen LogP contribution in [0.25, 0.3) is 0 Å². The van der Waals surface area contributed by atoms with Crippen LogP contribution in [-0.2, 0) is 9.47 Å². The van der Waals surface area contributed by atoms with Crippen LogP contribution in [0.3, 0.4) is 0 Å². The molecule has 0 fully saturated rings. The van der Waals surface area contributed by atoms with Gasteiger partial charge in [0.15, 0.2) is 0 Å². The second-order valence-electron chi connectivity index (χ2n) is 4.87. The largest absolute Gasteiger partial charge is 0.460 e. The van der Waals surface area contributed by atoms with Crippen molar-refractivity contribution in [2.45, 2.75) is 26.4 Å². The Kier molecular flexibility index (Phi) is 5.16. The van der Waals surface area contributed by atoms with Gasteiger partial charge < -0.3 is 15.2 Å². The van der Waals surface area contributed by atoms with Gasteiger partial charge in [-0.3, -0.25) is 0 Å². The van der Waals surface area contributed by atoms with Gasteiger partial charge >= 0.3 is 5.97 Å². The Balaban J connectivity index is 2.46. The molecule has 1 aromatic rings. The van der Waals surface area contributed by atoms with E-state index in [1.807, 2.05) is 20.8 Å². The van der Waals surface area contributed by atoms with Crippen molar-refractivity contribution in [3.05, 3.63) is 28.2 Å². The molecule has 1 rings (SSSR count). The Morgan fingerprint density at radius 2 is 1.94 bits per heavy atom. The van der Waals surface area contributed by atoms with Gasteiger partial charge in [-0.2, -0.15) is 0 Å². The number of hydrogen-bond acceptors (Lipinski definition) is 4. The van der Waals surface area contributed by atoms with Crippen molar-refractivity contribution in [3.8, 4) is 0 Å². The molecule has 0 saturated heterocycles. The highest BCUT2D eigenvalue weighted by molar-refractivity contribution is 9.10. The van der Waals surface area contributed by atoms with Gasteiger partial charge in [0.1, 0.15) is 6.61 Å². The van der Waals surface area contributed by atoms with Crippen LogP contribution >= 0.6 is 15.9 Å². The van der Waals surface area contributed by atoms with Crippen molar-refractivity contribution in [2.75, 3.05) is 18.9 Å². The zero-order chi connectivity index (χ0) is 13.8. The predicted molar refractivity (Wildman–Crippen MR) is 74.5 cm³/mol. The van der Waals surface area contributed by atoms with Gasteiger partial charge in [0.2, 0.25) is 0 Å². The minimum atomic E-state index is -0.402. The Labute approximate surface area is 116 Å². The summed E-state index contributed by atoms with van der Waals surface area (Å²) in [6.45, 7) is 6.44. The molecule has 5 heteroatoms. The first-order valence-electron chi connectivity index (χ1n) is 5.65. The molecule has 2 N–H and O–H groups in total. The fourth-order valence-corrected chi connectivity index (χ4v) is 1.81. The van der Waals surface area contributed by atoms with Crippen LogP contribution < -0.4 is 5.73 Å². The third-order valence-corrected chi connectivity index (χ3v) is 2.47. The standard InChI is InChI=1S/C13H18BrNO3/c1-13(2,3)18-5-4-17-12(16)9-6-10(14)8-11(15)7-9/h6-8H,4-5,15H2,1-3H3. The van der Waals surface area contributed by atoms with Crippen molar-refractivity contribution in [1.29, 1.82) is 0 Å². The molecule has 4 nitrogen and oxygen atoms in total. The average molecular weight is 316 g/mol. The summed E-state index contributed by atoms with van der Waals surface area (Å²) < 4.78 is 11.3. The number of ether oxygens (including phenoxy) is 2. The lowest BCUT2D eigenvalue weighted by atomic mass is 10.2. The quantitative estimate of drug-likeness (QED) is 0.527. The molecule has 18 heavy (non-hydrogen) atoms. The van der Waals surface area contributed by atoms with Crippen LogP contribution in [-0.4, -0.2) is 24.8 Å². The maximum Gasteiger partial charge on any atom is 0.338 e.